The smallest absolute Gasteiger partial charge is 0.282 e. The molecule has 0 atom stereocenters. The molecule has 0 unspecified atom stereocenters. The van der Waals surface area contributed by atoms with E-state index >= 15 is 0 Å². The molecule has 0 spiro atoms. The van der Waals surface area contributed by atoms with E-state index in [-0.39, 0.29) is 19.0 Å². The summed E-state index contributed by atoms with van der Waals surface area (Å²) < 4.78 is 27.4. The second-order valence-electron chi connectivity index (χ2n) is 6.45. The molecule has 0 aliphatic carbocycles. The molecule has 150 valence electrons. The molecular formula is C19H17ClN4O3S2. The number of thiazole rings is 1. The minimum atomic E-state index is -3.57. The van der Waals surface area contributed by atoms with Crippen LogP contribution in [0, 0.1) is 0 Å². The van der Waals surface area contributed by atoms with Gasteiger partial charge in [-0.1, -0.05) is 23.7 Å². The van der Waals surface area contributed by atoms with E-state index in [2.05, 4.69) is 9.97 Å². The van der Waals surface area contributed by atoms with Crippen molar-refractivity contribution in [1.82, 2.24) is 19.2 Å². The molecule has 0 radical (unpaired) electrons. The zero-order chi connectivity index (χ0) is 20.4. The second-order valence-corrected chi connectivity index (χ2v) is 9.74. The standard InChI is InChI=1S/C19H17ClN4O3S2/c20-15-3-1-14(2-4-15)6-12-29(26,27)24-10-8-23(9-11-24)19(25)18-22-16-5-7-21-13-17(16)28-18/h1-7,12-13H,8-11H2/b12-6+. The molecule has 0 N–H and O–H groups in total. The number of aromatic nitrogens is 2. The van der Waals surface area contributed by atoms with Crippen LogP contribution < -0.4 is 0 Å². The molecule has 1 aromatic carbocycles. The second kappa shape index (κ2) is 8.19. The van der Waals surface area contributed by atoms with Gasteiger partial charge in [-0.3, -0.25) is 9.78 Å². The number of hydrogen-bond donors (Lipinski definition) is 0. The molecule has 0 saturated carbocycles. The molecule has 1 fully saturated rings. The Morgan fingerprint density at radius 2 is 1.83 bits per heavy atom. The van der Waals surface area contributed by atoms with Crippen molar-refractivity contribution in [1.29, 1.82) is 0 Å². The quantitative estimate of drug-likeness (QED) is 0.612. The fraction of sp³-hybridized carbons (Fsp3) is 0.211. The maximum absolute atomic E-state index is 12.7. The average molecular weight is 449 g/mol. The van der Waals surface area contributed by atoms with Gasteiger partial charge in [0, 0.05) is 49.0 Å². The summed E-state index contributed by atoms with van der Waals surface area (Å²) in [5, 5.41) is 2.18. The third kappa shape index (κ3) is 4.48. The van der Waals surface area contributed by atoms with Gasteiger partial charge in [0.2, 0.25) is 10.0 Å². The summed E-state index contributed by atoms with van der Waals surface area (Å²) in [5.74, 6) is -0.181. The zero-order valence-corrected chi connectivity index (χ0v) is 17.6. The predicted molar refractivity (Wildman–Crippen MR) is 114 cm³/mol. The average Bonchev–Trinajstić information content (AvgIpc) is 3.17. The van der Waals surface area contributed by atoms with Crippen LogP contribution >= 0.6 is 22.9 Å². The molecule has 0 bridgehead atoms. The maximum Gasteiger partial charge on any atom is 0.282 e. The molecule has 1 aliphatic heterocycles. The zero-order valence-electron chi connectivity index (χ0n) is 15.2. The lowest BCUT2D eigenvalue weighted by atomic mass is 10.2. The Balaban J connectivity index is 1.40. The van der Waals surface area contributed by atoms with E-state index in [0.717, 1.165) is 15.8 Å². The van der Waals surface area contributed by atoms with Crippen molar-refractivity contribution in [3.63, 3.8) is 0 Å². The summed E-state index contributed by atoms with van der Waals surface area (Å²) in [6.45, 7) is 1.12. The number of nitrogens with zero attached hydrogens (tertiary/aromatic N) is 4. The summed E-state index contributed by atoms with van der Waals surface area (Å²) >= 11 is 7.14. The number of piperazine rings is 1. The summed E-state index contributed by atoms with van der Waals surface area (Å²) in [4.78, 5) is 22.8. The Bertz CT molecular complexity index is 1130. The first-order chi connectivity index (χ1) is 13.9. The highest BCUT2D eigenvalue weighted by Gasteiger charge is 2.29. The van der Waals surface area contributed by atoms with Gasteiger partial charge in [0.05, 0.1) is 10.2 Å². The lowest BCUT2D eigenvalue weighted by molar-refractivity contribution is 0.0698. The van der Waals surface area contributed by atoms with Gasteiger partial charge in [-0.25, -0.2) is 13.4 Å². The SMILES string of the molecule is O=C(c1nc2ccncc2s1)N1CCN(S(=O)(=O)/C=C/c2ccc(Cl)cc2)CC1. The largest absolute Gasteiger partial charge is 0.334 e. The Morgan fingerprint density at radius 1 is 1.10 bits per heavy atom. The monoisotopic (exact) mass is 448 g/mol. The number of hydrogen-bond acceptors (Lipinski definition) is 6. The maximum atomic E-state index is 12.7. The highest BCUT2D eigenvalue weighted by atomic mass is 35.5. The first kappa shape index (κ1) is 20.0. The van der Waals surface area contributed by atoms with Crippen molar-refractivity contribution in [2.24, 2.45) is 0 Å². The predicted octanol–water partition coefficient (Wildman–Crippen LogP) is 3.10. The Labute approximate surface area is 177 Å². The fourth-order valence-corrected chi connectivity index (χ4v) is 5.18. The van der Waals surface area contributed by atoms with Crippen LogP contribution in [0.25, 0.3) is 16.3 Å². The summed E-state index contributed by atoms with van der Waals surface area (Å²) in [6, 6.07) is 8.67. The van der Waals surface area contributed by atoms with Crippen LogP contribution in [0.5, 0.6) is 0 Å². The van der Waals surface area contributed by atoms with Gasteiger partial charge in [-0.05, 0) is 29.8 Å². The van der Waals surface area contributed by atoms with Crippen molar-refractivity contribution >= 4 is 55.2 Å². The number of amides is 1. The van der Waals surface area contributed by atoms with E-state index in [1.807, 2.05) is 0 Å². The van der Waals surface area contributed by atoms with Crippen molar-refractivity contribution in [2.75, 3.05) is 26.2 Å². The molecule has 1 aliphatic rings. The van der Waals surface area contributed by atoms with Gasteiger partial charge in [0.25, 0.3) is 5.91 Å². The molecule has 1 saturated heterocycles. The third-order valence-corrected chi connectivity index (χ3v) is 7.37. The van der Waals surface area contributed by atoms with Crippen LogP contribution in [0.3, 0.4) is 0 Å². The normalized spacial score (nSPS) is 16.0. The van der Waals surface area contributed by atoms with Crippen LogP contribution in [-0.2, 0) is 10.0 Å². The molecule has 29 heavy (non-hydrogen) atoms. The lowest BCUT2D eigenvalue weighted by Gasteiger charge is -2.32. The van der Waals surface area contributed by atoms with Crippen LogP contribution in [0.1, 0.15) is 15.4 Å². The Morgan fingerprint density at radius 3 is 2.52 bits per heavy atom. The van der Waals surface area contributed by atoms with Gasteiger partial charge in [-0.2, -0.15) is 4.31 Å². The number of halogens is 1. The van der Waals surface area contributed by atoms with E-state index in [1.54, 1.807) is 53.7 Å². The van der Waals surface area contributed by atoms with E-state index in [1.165, 1.54) is 21.1 Å². The number of carbonyl (C=O) groups excluding carboxylic acids is 1. The topological polar surface area (TPSA) is 83.5 Å². The van der Waals surface area contributed by atoms with E-state index < -0.39 is 10.0 Å². The molecule has 4 rings (SSSR count). The number of rotatable bonds is 4. The van der Waals surface area contributed by atoms with Gasteiger partial charge in [-0.15, -0.1) is 11.3 Å². The van der Waals surface area contributed by atoms with Gasteiger partial charge in [0.15, 0.2) is 5.01 Å². The van der Waals surface area contributed by atoms with Crippen LogP contribution in [0.15, 0.2) is 48.1 Å². The third-order valence-electron chi connectivity index (χ3n) is 4.56. The van der Waals surface area contributed by atoms with E-state index in [9.17, 15) is 13.2 Å². The summed E-state index contributed by atoms with van der Waals surface area (Å²) in [7, 11) is -3.57. The number of benzene rings is 1. The van der Waals surface area contributed by atoms with Crippen LogP contribution in [0.4, 0.5) is 0 Å². The molecule has 3 aromatic rings. The number of sulfonamides is 1. The first-order valence-electron chi connectivity index (χ1n) is 8.86. The Hall–Kier alpha value is -2.33. The van der Waals surface area contributed by atoms with Gasteiger partial charge < -0.3 is 4.90 Å². The summed E-state index contributed by atoms with van der Waals surface area (Å²) in [5.41, 5.74) is 1.49. The molecule has 3 heterocycles. The minimum absolute atomic E-state index is 0.181. The van der Waals surface area contributed by atoms with Crippen LogP contribution in [0.2, 0.25) is 5.02 Å². The highest BCUT2D eigenvalue weighted by Crippen LogP contribution is 2.22. The van der Waals surface area contributed by atoms with Crippen molar-refractivity contribution in [2.45, 2.75) is 0 Å². The molecular weight excluding hydrogens is 432 g/mol. The Kier molecular flexibility index (Phi) is 5.64. The molecule has 1 amide bonds. The van der Waals surface area contributed by atoms with E-state index in [4.69, 9.17) is 11.6 Å². The molecule has 7 nitrogen and oxygen atoms in total. The minimum Gasteiger partial charge on any atom is -0.334 e. The number of fused-ring (bicyclic) bond motifs is 1. The van der Waals surface area contributed by atoms with Gasteiger partial charge in [0.1, 0.15) is 0 Å². The number of carbonyl (C=O) groups is 1. The van der Waals surface area contributed by atoms with Crippen molar-refractivity contribution in [3.05, 3.63) is 63.7 Å². The first-order valence-corrected chi connectivity index (χ1v) is 11.6. The lowest BCUT2D eigenvalue weighted by Crippen LogP contribution is -2.50. The fourth-order valence-electron chi connectivity index (χ4n) is 2.98. The number of pyridine rings is 1. The molecule has 10 heteroatoms. The van der Waals surface area contributed by atoms with E-state index in [0.29, 0.717) is 23.1 Å². The van der Waals surface area contributed by atoms with Crippen molar-refractivity contribution in [3.8, 4) is 0 Å². The van der Waals surface area contributed by atoms with Crippen LogP contribution in [-0.4, -0.2) is 59.7 Å². The van der Waals surface area contributed by atoms with Gasteiger partial charge >= 0.3 is 0 Å². The molecule has 2 aromatic heterocycles. The summed E-state index contributed by atoms with van der Waals surface area (Å²) in [6.07, 6.45) is 4.86. The highest BCUT2D eigenvalue weighted by molar-refractivity contribution is 7.92. The van der Waals surface area contributed by atoms with Crippen molar-refractivity contribution < 1.29 is 13.2 Å².